The van der Waals surface area contributed by atoms with E-state index in [9.17, 15) is 0 Å². The minimum atomic E-state index is 0.711. The van der Waals surface area contributed by atoms with Gasteiger partial charge < -0.3 is 10.2 Å². The Morgan fingerprint density at radius 2 is 1.60 bits per heavy atom. The highest BCUT2D eigenvalue weighted by atomic mass is 32.1. The van der Waals surface area contributed by atoms with Gasteiger partial charge in [-0.1, -0.05) is 42.5 Å². The van der Waals surface area contributed by atoms with Gasteiger partial charge in [0.2, 0.25) is 0 Å². The monoisotopic (exact) mass is 348 g/mol. The highest BCUT2D eigenvalue weighted by Gasteiger charge is 2.16. The summed E-state index contributed by atoms with van der Waals surface area (Å²) in [7, 11) is 0. The molecule has 4 rings (SSSR count). The Balaban J connectivity index is 1.72. The molecule has 1 fully saturated rings. The van der Waals surface area contributed by atoms with Gasteiger partial charge in [-0.15, -0.1) is 0 Å². The zero-order valence-electron chi connectivity index (χ0n) is 14.0. The predicted octanol–water partition coefficient (Wildman–Crippen LogP) is 4.48. The number of rotatable bonds is 2. The fourth-order valence-electron chi connectivity index (χ4n) is 3.17. The van der Waals surface area contributed by atoms with E-state index in [1.807, 2.05) is 54.6 Å². The highest BCUT2D eigenvalue weighted by Crippen LogP contribution is 2.25. The lowest BCUT2D eigenvalue weighted by Crippen LogP contribution is -2.38. The van der Waals surface area contributed by atoms with Gasteiger partial charge in [0, 0.05) is 24.0 Å². The number of thiocarbonyl (C=S) groups is 1. The van der Waals surface area contributed by atoms with Crippen molar-refractivity contribution in [2.24, 2.45) is 0 Å². The number of likely N-dealkylation sites (tertiary alicyclic amines) is 1. The molecule has 1 saturated heterocycles. The van der Waals surface area contributed by atoms with Gasteiger partial charge in [0.05, 0.1) is 5.52 Å². The third kappa shape index (κ3) is 3.46. The molecule has 3 aromatic rings. The maximum absolute atomic E-state index is 5.63. The van der Waals surface area contributed by atoms with Crippen LogP contribution >= 0.6 is 12.2 Å². The number of fused-ring (bicyclic) bond motifs is 1. The largest absolute Gasteiger partial charge is 0.349 e. The Morgan fingerprint density at radius 1 is 0.880 bits per heavy atom. The first-order valence-electron chi connectivity index (χ1n) is 8.69. The molecule has 0 saturated carbocycles. The summed E-state index contributed by atoms with van der Waals surface area (Å²) < 4.78 is 0. The summed E-state index contributed by atoms with van der Waals surface area (Å²) in [5.41, 5.74) is 1.92. The number of benzene rings is 2. The Hall–Kier alpha value is -2.53. The van der Waals surface area contributed by atoms with E-state index in [4.69, 9.17) is 22.2 Å². The van der Waals surface area contributed by atoms with Crippen LogP contribution in [0.1, 0.15) is 19.3 Å². The first kappa shape index (κ1) is 16.0. The molecule has 0 atom stereocenters. The lowest BCUT2D eigenvalue weighted by molar-refractivity contribution is 0.346. The van der Waals surface area contributed by atoms with E-state index in [1.165, 1.54) is 19.3 Å². The van der Waals surface area contributed by atoms with E-state index in [2.05, 4.69) is 10.2 Å². The maximum Gasteiger partial charge on any atom is 0.174 e. The van der Waals surface area contributed by atoms with E-state index in [-0.39, 0.29) is 0 Å². The van der Waals surface area contributed by atoms with Crippen molar-refractivity contribution >= 4 is 34.1 Å². The third-order valence-electron chi connectivity index (χ3n) is 4.50. The number of nitrogens with one attached hydrogen (secondary N) is 1. The van der Waals surface area contributed by atoms with Crippen LogP contribution in [0.4, 0.5) is 5.82 Å². The van der Waals surface area contributed by atoms with Crippen molar-refractivity contribution in [3.05, 3.63) is 54.6 Å². The van der Waals surface area contributed by atoms with Crippen molar-refractivity contribution in [2.75, 3.05) is 18.4 Å². The molecule has 5 heteroatoms. The number of hydrogen-bond acceptors (Lipinski definition) is 3. The molecule has 1 aliphatic heterocycles. The summed E-state index contributed by atoms with van der Waals surface area (Å²) in [6, 6.07) is 18.1. The van der Waals surface area contributed by atoms with Crippen molar-refractivity contribution in [3.63, 3.8) is 0 Å². The zero-order valence-corrected chi connectivity index (χ0v) is 14.8. The second-order valence-electron chi connectivity index (χ2n) is 6.26. The Kier molecular flexibility index (Phi) is 4.57. The second kappa shape index (κ2) is 7.15. The average Bonchev–Trinajstić information content (AvgIpc) is 2.69. The molecule has 2 heterocycles. The van der Waals surface area contributed by atoms with Crippen LogP contribution in [-0.4, -0.2) is 33.1 Å². The van der Waals surface area contributed by atoms with Crippen LogP contribution in [0.3, 0.4) is 0 Å². The molecule has 0 aliphatic carbocycles. The zero-order chi connectivity index (χ0) is 17.1. The summed E-state index contributed by atoms with van der Waals surface area (Å²) in [5.74, 6) is 1.49. The van der Waals surface area contributed by atoms with Crippen molar-refractivity contribution in [3.8, 4) is 11.4 Å². The first-order valence-corrected chi connectivity index (χ1v) is 9.10. The van der Waals surface area contributed by atoms with Crippen molar-refractivity contribution < 1.29 is 0 Å². The summed E-state index contributed by atoms with van der Waals surface area (Å²) >= 11 is 5.63. The lowest BCUT2D eigenvalue weighted by Gasteiger charge is -2.29. The third-order valence-corrected chi connectivity index (χ3v) is 4.86. The molecule has 2 aromatic carbocycles. The predicted molar refractivity (Wildman–Crippen MR) is 107 cm³/mol. The molecular formula is C20H20N4S. The molecule has 1 aliphatic rings. The van der Waals surface area contributed by atoms with E-state index in [1.54, 1.807) is 0 Å². The molecule has 126 valence electrons. The number of hydrogen-bond donors (Lipinski definition) is 1. The molecule has 0 radical (unpaired) electrons. The quantitative estimate of drug-likeness (QED) is 0.692. The molecule has 1 aromatic heterocycles. The van der Waals surface area contributed by atoms with Crippen LogP contribution in [0, 0.1) is 0 Å². The molecule has 0 amide bonds. The first-order chi connectivity index (χ1) is 12.3. The smallest absolute Gasteiger partial charge is 0.174 e. The fraction of sp³-hybridized carbons (Fsp3) is 0.250. The average molecular weight is 348 g/mol. The summed E-state index contributed by atoms with van der Waals surface area (Å²) in [6.07, 6.45) is 3.68. The summed E-state index contributed by atoms with van der Waals surface area (Å²) in [4.78, 5) is 11.7. The minimum Gasteiger partial charge on any atom is -0.349 e. The summed E-state index contributed by atoms with van der Waals surface area (Å²) in [6.45, 7) is 2.03. The SMILES string of the molecule is S=C(Nc1nc(-c2ccccc2)nc2ccccc12)N1CCCCC1. The van der Waals surface area contributed by atoms with Gasteiger partial charge in [0.1, 0.15) is 5.82 Å². The van der Waals surface area contributed by atoms with Crippen molar-refractivity contribution in [1.29, 1.82) is 0 Å². The number of para-hydroxylation sites is 1. The van der Waals surface area contributed by atoms with E-state index < -0.39 is 0 Å². The van der Waals surface area contributed by atoms with Gasteiger partial charge in [0.25, 0.3) is 0 Å². The molecule has 0 spiro atoms. The van der Waals surface area contributed by atoms with E-state index >= 15 is 0 Å². The van der Waals surface area contributed by atoms with Crippen LogP contribution in [0.5, 0.6) is 0 Å². The van der Waals surface area contributed by atoms with E-state index in [0.29, 0.717) is 5.82 Å². The molecule has 1 N–H and O–H groups in total. The minimum absolute atomic E-state index is 0.711. The van der Waals surface area contributed by atoms with Gasteiger partial charge >= 0.3 is 0 Å². The Bertz CT molecular complexity index is 889. The van der Waals surface area contributed by atoms with Crippen LogP contribution in [0.2, 0.25) is 0 Å². The number of aromatic nitrogens is 2. The van der Waals surface area contributed by atoms with E-state index in [0.717, 1.165) is 40.5 Å². The molecule has 0 bridgehead atoms. The molecule has 0 unspecified atom stereocenters. The number of piperidine rings is 1. The normalized spacial score (nSPS) is 14.5. The van der Waals surface area contributed by atoms with Crippen molar-refractivity contribution in [1.82, 2.24) is 14.9 Å². The van der Waals surface area contributed by atoms with Crippen LogP contribution in [0.15, 0.2) is 54.6 Å². The second-order valence-corrected chi connectivity index (χ2v) is 6.64. The fourth-order valence-corrected chi connectivity index (χ4v) is 3.44. The van der Waals surface area contributed by atoms with Crippen LogP contribution in [0.25, 0.3) is 22.3 Å². The number of nitrogens with zero attached hydrogens (tertiary/aromatic N) is 3. The summed E-state index contributed by atoms with van der Waals surface area (Å²) in [5, 5.41) is 5.11. The topological polar surface area (TPSA) is 41.1 Å². The standard InChI is InChI=1S/C20H20N4S/c25-20(24-13-7-2-8-14-24)23-19-16-11-5-6-12-17(16)21-18(22-19)15-9-3-1-4-10-15/h1,3-6,9-12H,2,7-8,13-14H2,(H,21,22,23,25). The Labute approximate surface area is 152 Å². The Morgan fingerprint density at radius 3 is 2.40 bits per heavy atom. The van der Waals surface area contributed by atoms with Gasteiger partial charge in [0.15, 0.2) is 10.9 Å². The van der Waals surface area contributed by atoms with Crippen molar-refractivity contribution in [2.45, 2.75) is 19.3 Å². The highest BCUT2D eigenvalue weighted by molar-refractivity contribution is 7.80. The van der Waals surface area contributed by atoms with Gasteiger partial charge in [-0.25, -0.2) is 9.97 Å². The van der Waals surface area contributed by atoms with Crippen LogP contribution < -0.4 is 5.32 Å². The van der Waals surface area contributed by atoms with Gasteiger partial charge in [-0.3, -0.25) is 0 Å². The lowest BCUT2D eigenvalue weighted by atomic mass is 10.1. The molecular weight excluding hydrogens is 328 g/mol. The van der Waals surface area contributed by atoms with Gasteiger partial charge in [-0.2, -0.15) is 0 Å². The number of anilines is 1. The maximum atomic E-state index is 5.63. The molecule has 4 nitrogen and oxygen atoms in total. The molecule has 25 heavy (non-hydrogen) atoms. The van der Waals surface area contributed by atoms with Crippen LogP contribution in [-0.2, 0) is 0 Å². The van der Waals surface area contributed by atoms with Gasteiger partial charge in [-0.05, 0) is 43.6 Å².